The fourth-order valence-corrected chi connectivity index (χ4v) is 2.60. The molecular formula is C10H18N2O3S. The molecule has 0 aromatic heterocycles. The molecule has 0 saturated carbocycles. The van der Waals surface area contributed by atoms with Crippen LogP contribution >= 0.6 is 0 Å². The maximum Gasteiger partial charge on any atom is 0.274 e. The fraction of sp³-hybridized carbons (Fsp3) is 0.600. The van der Waals surface area contributed by atoms with Crippen LogP contribution in [0.2, 0.25) is 0 Å². The third kappa shape index (κ3) is 3.24. The molecule has 1 rings (SSSR count). The predicted molar refractivity (Wildman–Crippen MR) is 62.8 cm³/mol. The van der Waals surface area contributed by atoms with E-state index >= 15 is 0 Å². The molecule has 0 N–H and O–H groups in total. The van der Waals surface area contributed by atoms with Gasteiger partial charge in [-0.25, -0.2) is 4.18 Å². The quantitative estimate of drug-likeness (QED) is 0.533. The highest BCUT2D eigenvalue weighted by Gasteiger charge is 2.28. The van der Waals surface area contributed by atoms with Gasteiger partial charge in [0.05, 0.1) is 5.75 Å². The van der Waals surface area contributed by atoms with E-state index in [1.54, 1.807) is 36.2 Å². The van der Waals surface area contributed by atoms with Crippen LogP contribution in [0.1, 0.15) is 13.8 Å². The molecule has 92 valence electrons. The summed E-state index contributed by atoms with van der Waals surface area (Å²) in [7, 11) is -1.79. The van der Waals surface area contributed by atoms with Crippen molar-refractivity contribution in [3.63, 3.8) is 0 Å². The largest absolute Gasteiger partial charge is 0.336 e. The van der Waals surface area contributed by atoms with Crippen molar-refractivity contribution in [1.29, 1.82) is 0 Å². The van der Waals surface area contributed by atoms with Crippen molar-refractivity contribution < 1.29 is 12.6 Å². The molecule has 1 heterocycles. The highest BCUT2D eigenvalue weighted by molar-refractivity contribution is 7.86. The smallest absolute Gasteiger partial charge is 0.274 e. The van der Waals surface area contributed by atoms with Gasteiger partial charge in [-0.05, 0) is 13.8 Å². The minimum Gasteiger partial charge on any atom is -0.336 e. The van der Waals surface area contributed by atoms with E-state index in [1.807, 2.05) is 6.92 Å². The Labute approximate surface area is 97.1 Å². The monoisotopic (exact) mass is 246 g/mol. The van der Waals surface area contributed by atoms with Crippen molar-refractivity contribution >= 4 is 10.1 Å². The number of hydrogen-bond acceptors (Lipinski definition) is 5. The lowest BCUT2D eigenvalue weighted by Gasteiger charge is -2.28. The van der Waals surface area contributed by atoms with Crippen LogP contribution in [-0.2, 0) is 14.3 Å². The molecule has 0 aliphatic carbocycles. The molecule has 1 atom stereocenters. The van der Waals surface area contributed by atoms with Gasteiger partial charge in [-0.2, -0.15) is 8.42 Å². The summed E-state index contributed by atoms with van der Waals surface area (Å²) in [6.45, 7) is 7.86. The molecule has 0 aromatic carbocycles. The Morgan fingerprint density at radius 2 is 2.12 bits per heavy atom. The van der Waals surface area contributed by atoms with E-state index in [1.165, 1.54) is 0 Å². The highest BCUT2D eigenvalue weighted by atomic mass is 32.2. The van der Waals surface area contributed by atoms with Crippen molar-refractivity contribution in [3.05, 3.63) is 24.6 Å². The van der Waals surface area contributed by atoms with Crippen LogP contribution in [0.15, 0.2) is 24.6 Å². The number of rotatable bonds is 5. The lowest BCUT2D eigenvalue weighted by atomic mass is 10.4. The molecule has 1 aliphatic rings. The number of hydrogen-bond donors (Lipinski definition) is 0. The van der Waals surface area contributed by atoms with Gasteiger partial charge in [0.15, 0.2) is 0 Å². The maximum absolute atomic E-state index is 11.6. The summed E-state index contributed by atoms with van der Waals surface area (Å²) < 4.78 is 28.4. The van der Waals surface area contributed by atoms with Gasteiger partial charge in [-0.3, -0.25) is 0 Å². The molecule has 0 radical (unpaired) electrons. The van der Waals surface area contributed by atoms with E-state index in [0.29, 0.717) is 12.1 Å². The highest BCUT2D eigenvalue weighted by Crippen LogP contribution is 2.17. The van der Waals surface area contributed by atoms with Crippen molar-refractivity contribution in [1.82, 2.24) is 9.80 Å². The first kappa shape index (κ1) is 13.1. The van der Waals surface area contributed by atoms with Crippen LogP contribution in [0.3, 0.4) is 0 Å². The summed E-state index contributed by atoms with van der Waals surface area (Å²) in [4.78, 5) is 3.51. The molecule has 1 unspecified atom stereocenters. The van der Waals surface area contributed by atoms with Crippen LogP contribution < -0.4 is 0 Å². The van der Waals surface area contributed by atoms with Crippen molar-refractivity contribution in [2.75, 3.05) is 19.3 Å². The van der Waals surface area contributed by atoms with Gasteiger partial charge in [0.1, 0.15) is 0 Å². The summed E-state index contributed by atoms with van der Waals surface area (Å²) in [5.41, 5.74) is 0.566. The first-order valence-electron chi connectivity index (χ1n) is 5.07. The molecule has 5 nitrogen and oxygen atoms in total. The zero-order valence-electron chi connectivity index (χ0n) is 9.88. The standard InChI is InChI=1S/C10H18N2O3S/c1-5-12-7-6-11(4)10(12)15-16(13,14)8-9(2)3/h6-7,10H,2,5,8H2,1,3-4H3. The molecular weight excluding hydrogens is 228 g/mol. The Kier molecular flexibility index (Phi) is 3.98. The average molecular weight is 246 g/mol. The van der Waals surface area contributed by atoms with Crippen LogP contribution in [0, 0.1) is 0 Å². The summed E-state index contributed by atoms with van der Waals surface area (Å²) in [6, 6.07) is 0. The van der Waals surface area contributed by atoms with Crippen LogP contribution in [-0.4, -0.2) is 43.9 Å². The minimum absolute atomic E-state index is 0.144. The second-order valence-corrected chi connectivity index (χ2v) is 5.47. The molecule has 0 aromatic rings. The van der Waals surface area contributed by atoms with Gasteiger partial charge >= 0.3 is 0 Å². The van der Waals surface area contributed by atoms with Gasteiger partial charge < -0.3 is 9.80 Å². The fourth-order valence-electron chi connectivity index (χ4n) is 1.42. The summed E-state index contributed by atoms with van der Waals surface area (Å²) in [6.07, 6.45) is 3.01. The third-order valence-electron chi connectivity index (χ3n) is 2.15. The second kappa shape index (κ2) is 4.88. The Morgan fingerprint density at radius 1 is 1.50 bits per heavy atom. The maximum atomic E-state index is 11.6. The van der Waals surface area contributed by atoms with E-state index in [4.69, 9.17) is 4.18 Å². The zero-order chi connectivity index (χ0) is 12.3. The summed E-state index contributed by atoms with van der Waals surface area (Å²) >= 11 is 0. The van der Waals surface area contributed by atoms with Gasteiger partial charge in [0.2, 0.25) is 6.35 Å². The molecule has 0 fully saturated rings. The lowest BCUT2D eigenvalue weighted by Crippen LogP contribution is -2.40. The minimum atomic E-state index is -3.56. The molecule has 6 heteroatoms. The normalized spacial score (nSPS) is 20.6. The van der Waals surface area contributed by atoms with Gasteiger partial charge in [0, 0.05) is 26.0 Å². The van der Waals surface area contributed by atoms with Crippen LogP contribution in [0.25, 0.3) is 0 Å². The van der Waals surface area contributed by atoms with Crippen LogP contribution in [0.4, 0.5) is 0 Å². The zero-order valence-corrected chi connectivity index (χ0v) is 10.7. The lowest BCUT2D eigenvalue weighted by molar-refractivity contribution is -0.00543. The van der Waals surface area contributed by atoms with Crippen molar-refractivity contribution in [3.8, 4) is 0 Å². The molecule has 0 saturated heterocycles. The van der Waals surface area contributed by atoms with E-state index in [2.05, 4.69) is 6.58 Å². The Balaban J connectivity index is 2.70. The van der Waals surface area contributed by atoms with E-state index in [9.17, 15) is 8.42 Å². The molecule has 0 amide bonds. The summed E-state index contributed by atoms with van der Waals surface area (Å²) in [5.74, 6) is -0.144. The van der Waals surface area contributed by atoms with Gasteiger partial charge in [-0.15, -0.1) is 0 Å². The van der Waals surface area contributed by atoms with Gasteiger partial charge in [-0.1, -0.05) is 12.2 Å². The first-order valence-corrected chi connectivity index (χ1v) is 6.65. The third-order valence-corrected chi connectivity index (χ3v) is 3.46. The predicted octanol–water partition coefficient (Wildman–Crippen LogP) is 0.931. The van der Waals surface area contributed by atoms with E-state index in [0.717, 1.165) is 0 Å². The van der Waals surface area contributed by atoms with E-state index < -0.39 is 16.5 Å². The topological polar surface area (TPSA) is 49.9 Å². The number of nitrogens with zero attached hydrogens (tertiary/aromatic N) is 2. The van der Waals surface area contributed by atoms with Crippen molar-refractivity contribution in [2.45, 2.75) is 20.2 Å². The summed E-state index contributed by atoms with van der Waals surface area (Å²) in [5, 5.41) is 0. The Morgan fingerprint density at radius 3 is 2.62 bits per heavy atom. The molecule has 16 heavy (non-hydrogen) atoms. The SMILES string of the molecule is C=C(C)CS(=O)(=O)OC1N(C)C=CN1CC. The van der Waals surface area contributed by atoms with Crippen LogP contribution in [0.5, 0.6) is 0 Å². The Hall–Kier alpha value is -1.01. The van der Waals surface area contributed by atoms with Gasteiger partial charge in [0.25, 0.3) is 10.1 Å². The first-order chi connectivity index (χ1) is 7.35. The Bertz CT molecular complexity index is 389. The second-order valence-electron chi connectivity index (χ2n) is 3.88. The molecule has 1 aliphatic heterocycles. The molecule has 0 bridgehead atoms. The average Bonchev–Trinajstić information content (AvgIpc) is 2.45. The van der Waals surface area contributed by atoms with Crippen molar-refractivity contribution in [2.24, 2.45) is 0 Å². The van der Waals surface area contributed by atoms with E-state index in [-0.39, 0.29) is 5.75 Å². The molecule has 0 spiro atoms.